The first-order valence-electron chi connectivity index (χ1n) is 12.1. The monoisotopic (exact) mass is 508 g/mol. The van der Waals surface area contributed by atoms with Crippen molar-refractivity contribution in [2.75, 3.05) is 11.9 Å². The van der Waals surface area contributed by atoms with Crippen molar-refractivity contribution in [3.63, 3.8) is 0 Å². The molecule has 1 aromatic heterocycles. The Bertz CT molecular complexity index is 1400. The van der Waals surface area contributed by atoms with Crippen LogP contribution in [0.15, 0.2) is 45.8 Å². The summed E-state index contributed by atoms with van der Waals surface area (Å²) in [5.74, 6) is 0.215. The summed E-state index contributed by atoms with van der Waals surface area (Å²) in [5, 5.41) is 9.27. The lowest BCUT2D eigenvalue weighted by atomic mass is 9.99. The van der Waals surface area contributed by atoms with E-state index in [2.05, 4.69) is 26.6 Å². The Morgan fingerprint density at radius 2 is 1.64 bits per heavy atom. The van der Waals surface area contributed by atoms with Crippen molar-refractivity contribution in [2.45, 2.75) is 56.8 Å². The lowest BCUT2D eigenvalue weighted by Gasteiger charge is -2.16. The van der Waals surface area contributed by atoms with Gasteiger partial charge in [0.1, 0.15) is 5.76 Å². The molecule has 9 nitrogen and oxygen atoms in total. The van der Waals surface area contributed by atoms with Gasteiger partial charge < -0.3 is 15.2 Å². The van der Waals surface area contributed by atoms with Gasteiger partial charge in [-0.1, -0.05) is 23.4 Å². The molecule has 10 heteroatoms. The number of nitrogens with one attached hydrogen (secondary N) is 3. The number of aromatic nitrogens is 1. The van der Waals surface area contributed by atoms with Gasteiger partial charge in [0.2, 0.25) is 0 Å². The molecule has 3 N–H and O–H groups in total. The molecule has 5 rings (SSSR count). The fourth-order valence-electron chi connectivity index (χ4n) is 5.01. The largest absolute Gasteiger partial charge is 0.361 e. The number of amides is 3. The Kier molecular flexibility index (Phi) is 6.53. The van der Waals surface area contributed by atoms with Gasteiger partial charge in [-0.25, -0.2) is 17.9 Å². The van der Waals surface area contributed by atoms with Crippen LogP contribution in [0.5, 0.6) is 0 Å². The molecular weight excluding hydrogens is 480 g/mol. The summed E-state index contributed by atoms with van der Waals surface area (Å²) in [6, 6.07) is 9.28. The third-order valence-electron chi connectivity index (χ3n) is 6.73. The first-order valence-corrected chi connectivity index (χ1v) is 13.6. The minimum absolute atomic E-state index is 0.00738. The number of urea groups is 1. The Labute approximate surface area is 209 Å². The highest BCUT2D eigenvalue weighted by atomic mass is 32.2. The van der Waals surface area contributed by atoms with E-state index in [1.165, 1.54) is 23.3 Å². The summed E-state index contributed by atoms with van der Waals surface area (Å²) >= 11 is 0. The van der Waals surface area contributed by atoms with Crippen molar-refractivity contribution >= 4 is 27.6 Å². The number of hydrogen-bond acceptors (Lipinski definition) is 6. The quantitative estimate of drug-likeness (QED) is 0.448. The molecule has 3 amide bonds. The van der Waals surface area contributed by atoms with Crippen LogP contribution in [0.4, 0.5) is 10.5 Å². The van der Waals surface area contributed by atoms with E-state index < -0.39 is 16.1 Å². The zero-order valence-electron chi connectivity index (χ0n) is 20.0. The summed E-state index contributed by atoms with van der Waals surface area (Å²) in [6.45, 7) is 2.06. The predicted octanol–water partition coefficient (Wildman–Crippen LogP) is 3.44. The summed E-state index contributed by atoms with van der Waals surface area (Å²) in [6.07, 6.45) is 6.36. The Morgan fingerprint density at radius 3 is 2.25 bits per heavy atom. The first-order chi connectivity index (χ1) is 17.3. The second kappa shape index (κ2) is 9.77. The van der Waals surface area contributed by atoms with Gasteiger partial charge in [-0.3, -0.25) is 4.79 Å². The topological polar surface area (TPSA) is 130 Å². The number of carbonyl (C=O) groups excluding carboxylic acids is 2. The van der Waals surface area contributed by atoms with Gasteiger partial charge in [-0.05, 0) is 91.8 Å². The minimum Gasteiger partial charge on any atom is -0.361 e. The Morgan fingerprint density at radius 1 is 0.972 bits per heavy atom. The third kappa shape index (κ3) is 4.99. The highest BCUT2D eigenvalue weighted by molar-refractivity contribution is 7.90. The lowest BCUT2D eigenvalue weighted by Crippen LogP contribution is -2.35. The van der Waals surface area contributed by atoms with Crippen LogP contribution >= 0.6 is 0 Å². The van der Waals surface area contributed by atoms with Crippen molar-refractivity contribution in [3.05, 3.63) is 75.7 Å². The molecule has 1 heterocycles. The molecule has 0 spiro atoms. The zero-order chi connectivity index (χ0) is 25.3. The smallest absolute Gasteiger partial charge is 0.333 e. The number of hydrogen-bond donors (Lipinski definition) is 3. The first kappa shape index (κ1) is 24.1. The maximum atomic E-state index is 12.8. The van der Waals surface area contributed by atoms with Crippen molar-refractivity contribution in [3.8, 4) is 0 Å². The maximum Gasteiger partial charge on any atom is 0.333 e. The van der Waals surface area contributed by atoms with E-state index in [1.54, 1.807) is 25.1 Å². The number of benzene rings is 2. The van der Waals surface area contributed by atoms with E-state index in [1.807, 2.05) is 0 Å². The zero-order valence-corrected chi connectivity index (χ0v) is 20.8. The molecule has 0 bridgehead atoms. The van der Waals surface area contributed by atoms with Crippen LogP contribution in [-0.2, 0) is 42.1 Å². The fourth-order valence-corrected chi connectivity index (χ4v) is 5.91. The SMILES string of the molecule is Cc1cc(C(=O)NCCc2ccc(S(=O)(=O)NC(=O)Nc3c4c(cc5c3CCC5)CCC4)cc2)no1. The van der Waals surface area contributed by atoms with Crippen molar-refractivity contribution < 1.29 is 22.5 Å². The van der Waals surface area contributed by atoms with Gasteiger partial charge in [0.25, 0.3) is 15.9 Å². The predicted molar refractivity (Wildman–Crippen MR) is 134 cm³/mol. The number of anilines is 1. The molecule has 0 unspecified atom stereocenters. The Hall–Kier alpha value is -3.66. The summed E-state index contributed by atoms with van der Waals surface area (Å²) < 4.78 is 32.7. The number of nitrogens with zero attached hydrogens (tertiary/aromatic N) is 1. The molecule has 0 radical (unpaired) electrons. The normalized spacial score (nSPS) is 14.2. The molecule has 0 saturated heterocycles. The van der Waals surface area contributed by atoms with E-state index >= 15 is 0 Å². The van der Waals surface area contributed by atoms with Crippen LogP contribution in [0, 0.1) is 6.92 Å². The summed E-state index contributed by atoms with van der Waals surface area (Å²) in [4.78, 5) is 24.8. The number of carbonyl (C=O) groups is 2. The average Bonchev–Trinajstić information content (AvgIpc) is 3.59. The third-order valence-corrected chi connectivity index (χ3v) is 8.08. The molecule has 0 aliphatic heterocycles. The van der Waals surface area contributed by atoms with Crippen molar-refractivity contribution in [1.82, 2.24) is 15.2 Å². The fraction of sp³-hybridized carbons (Fsp3) is 0.346. The highest BCUT2D eigenvalue weighted by Crippen LogP contribution is 2.38. The molecule has 3 aromatic rings. The second-order valence-electron chi connectivity index (χ2n) is 9.27. The van der Waals surface area contributed by atoms with E-state index in [0.29, 0.717) is 18.7 Å². The van der Waals surface area contributed by atoms with E-state index in [-0.39, 0.29) is 16.5 Å². The lowest BCUT2D eigenvalue weighted by molar-refractivity contribution is 0.0945. The van der Waals surface area contributed by atoms with Gasteiger partial charge in [-0.2, -0.15) is 0 Å². The molecule has 0 saturated carbocycles. The van der Waals surface area contributed by atoms with Crippen LogP contribution in [-0.4, -0.2) is 32.1 Å². The van der Waals surface area contributed by atoms with Gasteiger partial charge in [0.05, 0.1) is 4.90 Å². The number of rotatable bonds is 7. The van der Waals surface area contributed by atoms with Crippen LogP contribution in [0.25, 0.3) is 0 Å². The van der Waals surface area contributed by atoms with Gasteiger partial charge >= 0.3 is 6.03 Å². The molecule has 36 heavy (non-hydrogen) atoms. The molecule has 2 aliphatic rings. The standard InChI is InChI=1S/C26H28N4O5S/c1-16-14-23(29-35-16)25(31)27-13-12-17-8-10-20(11-9-17)36(33,34)30-26(32)28-24-21-6-2-4-18(21)15-19-5-3-7-22(19)24/h8-11,14-15H,2-7,12-13H2,1H3,(H,27,31)(H2,28,30,32). The molecule has 0 fully saturated rings. The van der Waals surface area contributed by atoms with E-state index in [0.717, 1.165) is 60.9 Å². The average molecular weight is 509 g/mol. The number of aryl methyl sites for hydroxylation is 3. The van der Waals surface area contributed by atoms with Gasteiger partial charge in [0, 0.05) is 18.3 Å². The van der Waals surface area contributed by atoms with Crippen LogP contribution in [0.2, 0.25) is 0 Å². The summed E-state index contributed by atoms with van der Waals surface area (Å²) in [5.41, 5.74) is 6.64. The van der Waals surface area contributed by atoms with Crippen LogP contribution < -0.4 is 15.4 Å². The molecular formula is C26H28N4O5S. The van der Waals surface area contributed by atoms with Crippen LogP contribution in [0.1, 0.15) is 56.9 Å². The number of sulfonamides is 1. The molecule has 2 aromatic carbocycles. The van der Waals surface area contributed by atoms with Crippen molar-refractivity contribution in [2.24, 2.45) is 0 Å². The summed E-state index contributed by atoms with van der Waals surface area (Å²) in [7, 11) is -4.04. The van der Waals surface area contributed by atoms with Gasteiger partial charge in [0.15, 0.2) is 5.69 Å². The molecule has 188 valence electrons. The highest BCUT2D eigenvalue weighted by Gasteiger charge is 2.26. The van der Waals surface area contributed by atoms with Gasteiger partial charge in [-0.15, -0.1) is 0 Å². The van der Waals surface area contributed by atoms with Crippen LogP contribution in [0.3, 0.4) is 0 Å². The maximum absolute atomic E-state index is 12.8. The molecule has 0 atom stereocenters. The minimum atomic E-state index is -4.04. The number of fused-ring (bicyclic) bond motifs is 2. The molecule has 2 aliphatic carbocycles. The van der Waals surface area contributed by atoms with E-state index in [9.17, 15) is 18.0 Å². The Balaban J connectivity index is 1.19. The second-order valence-corrected chi connectivity index (χ2v) is 10.9. The van der Waals surface area contributed by atoms with E-state index in [4.69, 9.17) is 4.52 Å². The van der Waals surface area contributed by atoms with Crippen molar-refractivity contribution in [1.29, 1.82) is 0 Å².